The Balaban J connectivity index is 2.33. The maximum atomic E-state index is 13.6. The molecule has 2 rings (SSSR count). The van der Waals surface area contributed by atoms with Gasteiger partial charge in [0.25, 0.3) is 0 Å². The highest BCUT2D eigenvalue weighted by Crippen LogP contribution is 2.25. The van der Waals surface area contributed by atoms with Gasteiger partial charge in [0.05, 0.1) is 6.20 Å². The Labute approximate surface area is 103 Å². The number of hydrogen-bond acceptors (Lipinski definition) is 2. The van der Waals surface area contributed by atoms with E-state index < -0.39 is 11.9 Å². The van der Waals surface area contributed by atoms with Crippen molar-refractivity contribution in [2.24, 2.45) is 0 Å². The zero-order chi connectivity index (χ0) is 12.4. The first-order valence-electron chi connectivity index (χ1n) is 5.27. The summed E-state index contributed by atoms with van der Waals surface area (Å²) in [5.74, 6) is -0.519. The Bertz CT molecular complexity index is 527. The molecule has 90 valence electrons. The number of aryl methyl sites for hydroxylation is 1. The van der Waals surface area contributed by atoms with E-state index in [0.717, 1.165) is 0 Å². The van der Waals surface area contributed by atoms with Crippen molar-refractivity contribution in [1.82, 2.24) is 9.78 Å². The van der Waals surface area contributed by atoms with Gasteiger partial charge in [0.15, 0.2) is 0 Å². The summed E-state index contributed by atoms with van der Waals surface area (Å²) in [5, 5.41) is 14.4. The van der Waals surface area contributed by atoms with Gasteiger partial charge in [-0.05, 0) is 19.1 Å². The van der Waals surface area contributed by atoms with Crippen LogP contribution in [0.5, 0.6) is 0 Å². The molecule has 0 bridgehead atoms. The van der Waals surface area contributed by atoms with E-state index in [9.17, 15) is 9.50 Å². The average molecular weight is 255 g/mol. The molecule has 0 spiro atoms. The summed E-state index contributed by atoms with van der Waals surface area (Å²) < 4.78 is 15.3. The molecule has 5 heteroatoms. The van der Waals surface area contributed by atoms with Crippen LogP contribution in [-0.2, 0) is 6.54 Å². The molecule has 17 heavy (non-hydrogen) atoms. The molecule has 0 aliphatic rings. The van der Waals surface area contributed by atoms with Crippen LogP contribution < -0.4 is 0 Å². The maximum absolute atomic E-state index is 13.6. The highest BCUT2D eigenvalue weighted by Gasteiger charge is 2.16. The fourth-order valence-electron chi connectivity index (χ4n) is 1.60. The number of benzene rings is 1. The van der Waals surface area contributed by atoms with Crippen LogP contribution in [0.1, 0.15) is 24.2 Å². The lowest BCUT2D eigenvalue weighted by molar-refractivity contribution is 0.215. The second kappa shape index (κ2) is 4.85. The fraction of sp³-hybridized carbons (Fsp3) is 0.250. The molecule has 0 saturated carbocycles. The Kier molecular flexibility index (Phi) is 3.45. The van der Waals surface area contributed by atoms with Crippen LogP contribution >= 0.6 is 11.6 Å². The minimum absolute atomic E-state index is 0.199. The molecule has 3 nitrogen and oxygen atoms in total. The molecule has 1 N–H and O–H groups in total. The summed E-state index contributed by atoms with van der Waals surface area (Å²) >= 11 is 5.66. The number of aromatic nitrogens is 2. The van der Waals surface area contributed by atoms with E-state index in [1.165, 1.54) is 18.3 Å². The fourth-order valence-corrected chi connectivity index (χ4v) is 1.76. The first-order chi connectivity index (χ1) is 8.11. The van der Waals surface area contributed by atoms with Gasteiger partial charge >= 0.3 is 0 Å². The van der Waals surface area contributed by atoms with Gasteiger partial charge < -0.3 is 5.11 Å². The third-order valence-corrected chi connectivity index (χ3v) is 2.79. The minimum atomic E-state index is -1.02. The Morgan fingerprint density at radius 1 is 1.53 bits per heavy atom. The molecule has 0 radical (unpaired) electrons. The van der Waals surface area contributed by atoms with Crippen LogP contribution in [0.2, 0.25) is 5.02 Å². The van der Waals surface area contributed by atoms with Crippen molar-refractivity contribution in [2.75, 3.05) is 0 Å². The monoisotopic (exact) mass is 254 g/mol. The Morgan fingerprint density at radius 3 is 2.88 bits per heavy atom. The summed E-state index contributed by atoms with van der Waals surface area (Å²) in [6.45, 7) is 2.64. The number of rotatable bonds is 3. The Hall–Kier alpha value is -1.39. The summed E-state index contributed by atoms with van der Waals surface area (Å²) in [5.41, 5.74) is 0.762. The van der Waals surface area contributed by atoms with Gasteiger partial charge in [-0.25, -0.2) is 4.39 Å². The summed E-state index contributed by atoms with van der Waals surface area (Å²) in [7, 11) is 0. The largest absolute Gasteiger partial charge is 0.383 e. The molecule has 0 aliphatic heterocycles. The van der Waals surface area contributed by atoms with Gasteiger partial charge in [0, 0.05) is 28.9 Å². The number of aliphatic hydroxyl groups is 1. The van der Waals surface area contributed by atoms with Gasteiger partial charge in [-0.15, -0.1) is 0 Å². The molecule has 1 aromatic heterocycles. The molecular weight excluding hydrogens is 243 g/mol. The van der Waals surface area contributed by atoms with Gasteiger partial charge in [-0.1, -0.05) is 17.7 Å². The zero-order valence-corrected chi connectivity index (χ0v) is 10.0. The van der Waals surface area contributed by atoms with Gasteiger partial charge in [0.1, 0.15) is 11.9 Å². The summed E-state index contributed by atoms with van der Waals surface area (Å²) in [4.78, 5) is 0. The van der Waals surface area contributed by atoms with Crippen molar-refractivity contribution < 1.29 is 9.50 Å². The molecule has 1 unspecified atom stereocenters. The predicted molar refractivity (Wildman–Crippen MR) is 63.4 cm³/mol. The van der Waals surface area contributed by atoms with E-state index in [4.69, 9.17) is 11.6 Å². The van der Waals surface area contributed by atoms with Crippen LogP contribution in [0.15, 0.2) is 30.6 Å². The van der Waals surface area contributed by atoms with Crippen molar-refractivity contribution in [2.45, 2.75) is 19.6 Å². The van der Waals surface area contributed by atoms with Crippen LogP contribution in [0, 0.1) is 5.82 Å². The van der Waals surface area contributed by atoms with Crippen LogP contribution in [0.3, 0.4) is 0 Å². The highest BCUT2D eigenvalue weighted by atomic mass is 35.5. The predicted octanol–water partition coefficient (Wildman–Crippen LogP) is 2.78. The van der Waals surface area contributed by atoms with E-state index in [0.29, 0.717) is 17.1 Å². The van der Waals surface area contributed by atoms with Crippen molar-refractivity contribution in [3.63, 3.8) is 0 Å². The third kappa shape index (κ3) is 2.48. The SMILES string of the molecule is CCn1cc(C(O)c2ccc(Cl)cc2F)cn1. The second-order valence-corrected chi connectivity index (χ2v) is 4.13. The van der Waals surface area contributed by atoms with Crippen LogP contribution in [0.25, 0.3) is 0 Å². The molecule has 1 aromatic carbocycles. The second-order valence-electron chi connectivity index (χ2n) is 3.70. The number of hydrogen-bond donors (Lipinski definition) is 1. The highest BCUT2D eigenvalue weighted by molar-refractivity contribution is 6.30. The quantitative estimate of drug-likeness (QED) is 0.915. The van der Waals surface area contributed by atoms with Crippen molar-refractivity contribution in [1.29, 1.82) is 0 Å². The summed E-state index contributed by atoms with van der Waals surface area (Å²) in [6, 6.07) is 4.21. The first-order valence-corrected chi connectivity index (χ1v) is 5.65. The van der Waals surface area contributed by atoms with Crippen molar-refractivity contribution >= 4 is 11.6 Å². The van der Waals surface area contributed by atoms with Crippen molar-refractivity contribution in [3.8, 4) is 0 Å². The van der Waals surface area contributed by atoms with Gasteiger partial charge in [0.2, 0.25) is 0 Å². The first kappa shape index (κ1) is 12.1. The van der Waals surface area contributed by atoms with Crippen LogP contribution in [-0.4, -0.2) is 14.9 Å². The molecule has 0 aliphatic carbocycles. The topological polar surface area (TPSA) is 38.0 Å². The molecule has 0 fully saturated rings. The minimum Gasteiger partial charge on any atom is -0.383 e. The molecule has 0 saturated heterocycles. The lowest BCUT2D eigenvalue weighted by atomic mass is 10.0. The maximum Gasteiger partial charge on any atom is 0.130 e. The number of aliphatic hydroxyl groups excluding tert-OH is 1. The van der Waals surface area contributed by atoms with Crippen molar-refractivity contribution in [3.05, 3.63) is 52.6 Å². The smallest absolute Gasteiger partial charge is 0.130 e. The lowest BCUT2D eigenvalue weighted by Gasteiger charge is -2.09. The molecule has 1 heterocycles. The van der Waals surface area contributed by atoms with Gasteiger partial charge in [-0.2, -0.15) is 5.10 Å². The Morgan fingerprint density at radius 2 is 2.29 bits per heavy atom. The lowest BCUT2D eigenvalue weighted by Crippen LogP contribution is -2.01. The molecule has 2 aromatic rings. The number of nitrogens with zero attached hydrogens (tertiary/aromatic N) is 2. The zero-order valence-electron chi connectivity index (χ0n) is 9.27. The van der Waals surface area contributed by atoms with Crippen LogP contribution in [0.4, 0.5) is 4.39 Å². The number of halogens is 2. The van der Waals surface area contributed by atoms with E-state index in [2.05, 4.69) is 5.10 Å². The standard InChI is InChI=1S/C12H12ClFN2O/c1-2-16-7-8(6-15-16)12(17)10-4-3-9(13)5-11(10)14/h3-7,12,17H,2H2,1H3. The molecule has 0 amide bonds. The van der Waals surface area contributed by atoms with Gasteiger partial charge in [-0.3, -0.25) is 4.68 Å². The summed E-state index contributed by atoms with van der Waals surface area (Å²) in [6.07, 6.45) is 2.20. The molecular formula is C12H12ClFN2O. The van der Waals surface area contributed by atoms with E-state index in [1.807, 2.05) is 6.92 Å². The van der Waals surface area contributed by atoms with E-state index in [1.54, 1.807) is 16.9 Å². The average Bonchev–Trinajstić information content (AvgIpc) is 2.76. The van der Waals surface area contributed by atoms with E-state index >= 15 is 0 Å². The molecule has 1 atom stereocenters. The third-order valence-electron chi connectivity index (χ3n) is 2.55. The van der Waals surface area contributed by atoms with E-state index in [-0.39, 0.29) is 5.56 Å². The normalized spacial score (nSPS) is 12.7.